The minimum atomic E-state index is -1.09. The summed E-state index contributed by atoms with van der Waals surface area (Å²) in [6, 6.07) is 7.40. The number of Topliss-reactive ketones (excluding diaryl/α,β-unsaturated/α-hetero) is 1. The molecule has 0 spiro atoms. The lowest BCUT2D eigenvalue weighted by atomic mass is 10.2. The zero-order valence-corrected chi connectivity index (χ0v) is 13.0. The number of benzene rings is 1. The lowest BCUT2D eigenvalue weighted by Crippen LogP contribution is -2.27. The van der Waals surface area contributed by atoms with E-state index in [0.29, 0.717) is 6.54 Å². The van der Waals surface area contributed by atoms with Gasteiger partial charge >= 0.3 is 6.16 Å². The van der Waals surface area contributed by atoms with Crippen LogP contribution in [0.1, 0.15) is 12.5 Å². The highest BCUT2D eigenvalue weighted by atomic mass is 79.9. The highest BCUT2D eigenvalue weighted by molar-refractivity contribution is 9.10. The van der Waals surface area contributed by atoms with E-state index in [1.807, 2.05) is 24.3 Å². The van der Waals surface area contributed by atoms with Crippen LogP contribution in [-0.4, -0.2) is 42.0 Å². The standard InChI is InChI=1S/C14H14BrNO5/c1-2-20-14(19)21-11-8-16(13(18)12(11)17)7-9-3-5-10(15)6-4-9/h3-6,11H,2,7-8H2,1H3. The van der Waals surface area contributed by atoms with Crippen molar-refractivity contribution in [3.05, 3.63) is 34.3 Å². The Balaban J connectivity index is 1.99. The molecule has 21 heavy (non-hydrogen) atoms. The summed E-state index contributed by atoms with van der Waals surface area (Å²) in [4.78, 5) is 36.2. The SMILES string of the molecule is CCOC(=O)OC1CN(Cc2ccc(Br)cc2)C(=O)C1=O. The fraction of sp³-hybridized carbons (Fsp3) is 0.357. The Morgan fingerprint density at radius 2 is 2.00 bits per heavy atom. The summed E-state index contributed by atoms with van der Waals surface area (Å²) in [7, 11) is 0. The van der Waals surface area contributed by atoms with Gasteiger partial charge < -0.3 is 14.4 Å². The second kappa shape index (κ2) is 6.71. The smallest absolute Gasteiger partial charge is 0.435 e. The number of carbonyl (C=O) groups excluding carboxylic acids is 3. The van der Waals surface area contributed by atoms with Crippen LogP contribution in [0.4, 0.5) is 4.79 Å². The average Bonchev–Trinajstić information content (AvgIpc) is 2.70. The molecule has 0 N–H and O–H groups in total. The van der Waals surface area contributed by atoms with E-state index in [4.69, 9.17) is 4.74 Å². The number of hydrogen-bond acceptors (Lipinski definition) is 5. The van der Waals surface area contributed by atoms with E-state index in [1.165, 1.54) is 4.90 Å². The molecule has 1 atom stereocenters. The van der Waals surface area contributed by atoms with Crippen LogP contribution in [0.25, 0.3) is 0 Å². The zero-order valence-electron chi connectivity index (χ0n) is 11.4. The second-order valence-corrected chi connectivity index (χ2v) is 5.38. The molecule has 1 aliphatic rings. The molecule has 2 rings (SSSR count). The number of halogens is 1. The van der Waals surface area contributed by atoms with Gasteiger partial charge in [0.1, 0.15) is 0 Å². The monoisotopic (exact) mass is 355 g/mol. The average molecular weight is 356 g/mol. The minimum absolute atomic E-state index is 0.0482. The van der Waals surface area contributed by atoms with E-state index in [9.17, 15) is 14.4 Å². The summed E-state index contributed by atoms with van der Waals surface area (Å²) in [6.45, 7) is 2.12. The van der Waals surface area contributed by atoms with Crippen molar-refractivity contribution in [2.75, 3.05) is 13.2 Å². The first-order valence-electron chi connectivity index (χ1n) is 6.42. The maximum absolute atomic E-state index is 11.9. The molecule has 1 heterocycles. The van der Waals surface area contributed by atoms with Crippen LogP contribution in [0.3, 0.4) is 0 Å². The van der Waals surface area contributed by atoms with Gasteiger partial charge in [-0.2, -0.15) is 0 Å². The van der Waals surface area contributed by atoms with Gasteiger partial charge in [-0.1, -0.05) is 28.1 Å². The summed E-state index contributed by atoms with van der Waals surface area (Å²) < 4.78 is 10.4. The molecule has 112 valence electrons. The fourth-order valence-corrected chi connectivity index (χ4v) is 2.23. The molecular weight excluding hydrogens is 342 g/mol. The summed E-state index contributed by atoms with van der Waals surface area (Å²) >= 11 is 3.32. The molecule has 6 nitrogen and oxygen atoms in total. The number of hydrogen-bond donors (Lipinski definition) is 0. The third kappa shape index (κ3) is 3.81. The summed E-state index contributed by atoms with van der Waals surface area (Å²) in [5.41, 5.74) is 0.885. The van der Waals surface area contributed by atoms with Crippen LogP contribution in [0.15, 0.2) is 28.7 Å². The minimum Gasteiger partial charge on any atom is -0.435 e. The summed E-state index contributed by atoms with van der Waals surface area (Å²) in [5, 5.41) is 0. The largest absolute Gasteiger partial charge is 0.509 e. The van der Waals surface area contributed by atoms with Gasteiger partial charge in [-0.25, -0.2) is 4.79 Å². The van der Waals surface area contributed by atoms with E-state index in [2.05, 4.69) is 20.7 Å². The van der Waals surface area contributed by atoms with Crippen LogP contribution in [0.2, 0.25) is 0 Å². The highest BCUT2D eigenvalue weighted by Crippen LogP contribution is 2.17. The first-order chi connectivity index (χ1) is 10.0. The summed E-state index contributed by atoms with van der Waals surface area (Å²) in [6.07, 6.45) is -2.03. The number of nitrogens with zero attached hydrogens (tertiary/aromatic N) is 1. The lowest BCUT2D eigenvalue weighted by molar-refractivity contribution is -0.142. The predicted molar refractivity (Wildman–Crippen MR) is 76.5 cm³/mol. The van der Waals surface area contributed by atoms with Gasteiger partial charge in [0.15, 0.2) is 6.10 Å². The van der Waals surface area contributed by atoms with Crippen molar-refractivity contribution >= 4 is 33.8 Å². The van der Waals surface area contributed by atoms with Crippen LogP contribution in [0, 0.1) is 0 Å². The van der Waals surface area contributed by atoms with Gasteiger partial charge in [-0.3, -0.25) is 9.59 Å². The molecule has 0 aliphatic carbocycles. The Hall–Kier alpha value is -1.89. The van der Waals surface area contributed by atoms with Crippen molar-refractivity contribution in [2.45, 2.75) is 19.6 Å². The third-order valence-corrected chi connectivity index (χ3v) is 3.49. The maximum atomic E-state index is 11.9. The lowest BCUT2D eigenvalue weighted by Gasteiger charge is -2.15. The van der Waals surface area contributed by atoms with Crippen LogP contribution in [-0.2, 0) is 25.6 Å². The number of amides is 1. The van der Waals surface area contributed by atoms with Crippen molar-refractivity contribution < 1.29 is 23.9 Å². The molecule has 0 bridgehead atoms. The number of ketones is 1. The van der Waals surface area contributed by atoms with Gasteiger partial charge in [-0.15, -0.1) is 0 Å². The molecule has 0 aromatic heterocycles. The van der Waals surface area contributed by atoms with Crippen molar-refractivity contribution in [3.8, 4) is 0 Å². The van der Waals surface area contributed by atoms with Crippen LogP contribution in [0.5, 0.6) is 0 Å². The molecule has 1 aliphatic heterocycles. The molecule has 1 aromatic carbocycles. The van der Waals surface area contributed by atoms with Crippen molar-refractivity contribution in [3.63, 3.8) is 0 Å². The Morgan fingerprint density at radius 3 is 2.62 bits per heavy atom. The molecule has 1 aromatic rings. The molecule has 7 heteroatoms. The van der Waals surface area contributed by atoms with Crippen LogP contribution >= 0.6 is 15.9 Å². The maximum Gasteiger partial charge on any atom is 0.509 e. The third-order valence-electron chi connectivity index (χ3n) is 2.96. The Bertz CT molecular complexity index is 557. The molecule has 0 radical (unpaired) electrons. The van der Waals surface area contributed by atoms with Gasteiger partial charge in [0.25, 0.3) is 11.7 Å². The van der Waals surface area contributed by atoms with Crippen LogP contribution < -0.4 is 0 Å². The Morgan fingerprint density at radius 1 is 1.33 bits per heavy atom. The topological polar surface area (TPSA) is 72.9 Å². The molecule has 1 unspecified atom stereocenters. The first-order valence-corrected chi connectivity index (χ1v) is 7.21. The van der Waals surface area contributed by atoms with E-state index in [0.717, 1.165) is 10.0 Å². The predicted octanol–water partition coefficient (Wildman–Crippen LogP) is 1.90. The molecular formula is C14H14BrNO5. The van der Waals surface area contributed by atoms with E-state index in [1.54, 1.807) is 6.92 Å². The van der Waals surface area contributed by atoms with Gasteiger partial charge in [-0.05, 0) is 24.6 Å². The Kier molecular flexibility index (Phi) is 4.95. The van der Waals surface area contributed by atoms with Gasteiger partial charge in [0, 0.05) is 11.0 Å². The van der Waals surface area contributed by atoms with E-state index < -0.39 is 23.9 Å². The summed E-state index contributed by atoms with van der Waals surface area (Å²) in [5.74, 6) is -1.37. The van der Waals surface area contributed by atoms with E-state index in [-0.39, 0.29) is 13.2 Å². The first kappa shape index (κ1) is 15.5. The number of carbonyl (C=O) groups is 3. The fourth-order valence-electron chi connectivity index (χ4n) is 1.96. The molecule has 1 saturated heterocycles. The quantitative estimate of drug-likeness (QED) is 0.609. The second-order valence-electron chi connectivity index (χ2n) is 4.47. The number of ether oxygens (including phenoxy) is 2. The van der Waals surface area contributed by atoms with Crippen molar-refractivity contribution in [2.24, 2.45) is 0 Å². The molecule has 0 saturated carbocycles. The Labute approximate surface area is 130 Å². The van der Waals surface area contributed by atoms with Crippen molar-refractivity contribution in [1.82, 2.24) is 4.90 Å². The molecule has 1 fully saturated rings. The number of rotatable bonds is 4. The van der Waals surface area contributed by atoms with Crippen molar-refractivity contribution in [1.29, 1.82) is 0 Å². The van der Waals surface area contributed by atoms with E-state index >= 15 is 0 Å². The van der Waals surface area contributed by atoms with Gasteiger partial charge in [0.05, 0.1) is 13.2 Å². The molecule has 1 amide bonds. The normalized spacial score (nSPS) is 18.0. The van der Waals surface area contributed by atoms with Gasteiger partial charge in [0.2, 0.25) is 0 Å². The number of likely N-dealkylation sites (tertiary alicyclic amines) is 1. The zero-order chi connectivity index (χ0) is 15.4. The highest BCUT2D eigenvalue weighted by Gasteiger charge is 2.41.